The predicted molar refractivity (Wildman–Crippen MR) is 61.1 cm³/mol. The van der Waals surface area contributed by atoms with E-state index in [1.54, 1.807) is 11.8 Å². The van der Waals surface area contributed by atoms with Crippen LogP contribution in [0.3, 0.4) is 0 Å². The van der Waals surface area contributed by atoms with Crippen molar-refractivity contribution >= 4 is 33.8 Å². The van der Waals surface area contributed by atoms with Gasteiger partial charge in [-0.3, -0.25) is 0 Å². The van der Waals surface area contributed by atoms with Gasteiger partial charge < -0.3 is 9.47 Å². The van der Waals surface area contributed by atoms with Gasteiger partial charge in [-0.2, -0.15) is 0 Å². The van der Waals surface area contributed by atoms with E-state index in [1.807, 2.05) is 24.3 Å². The molecular weight excluding hydrogens is 280 g/mol. The number of thioether (sulfide) groups is 1. The van der Waals surface area contributed by atoms with Gasteiger partial charge in [0.05, 0.1) is 0 Å². The lowest BCUT2D eigenvalue weighted by molar-refractivity contribution is 0.122. The van der Waals surface area contributed by atoms with Crippen LogP contribution in [0, 0.1) is 0 Å². The maximum atomic E-state index is 10.6. The van der Waals surface area contributed by atoms with Gasteiger partial charge in [0, 0.05) is 15.1 Å². The fourth-order valence-electron chi connectivity index (χ4n) is 1.17. The molecule has 1 aromatic rings. The minimum absolute atomic E-state index is 0.119. The summed E-state index contributed by atoms with van der Waals surface area (Å²) < 4.78 is 10.7. The first-order chi connectivity index (χ1) is 7.24. The summed E-state index contributed by atoms with van der Waals surface area (Å²) in [4.78, 5) is 11.8. The average molecular weight is 289 g/mol. The monoisotopic (exact) mass is 288 g/mol. The summed E-state index contributed by atoms with van der Waals surface area (Å²) in [5, 5.41) is 0. The molecule has 15 heavy (non-hydrogen) atoms. The topological polar surface area (TPSA) is 35.5 Å². The molecule has 1 atom stereocenters. The Morgan fingerprint density at radius 1 is 1.40 bits per heavy atom. The molecule has 0 aliphatic carbocycles. The Hall–Kier alpha value is -0.680. The highest BCUT2D eigenvalue weighted by molar-refractivity contribution is 9.10. The molecule has 3 nitrogen and oxygen atoms in total. The molecule has 80 valence electrons. The summed E-state index contributed by atoms with van der Waals surface area (Å²) in [6.07, 6.45) is -0.678. The Labute approximate surface area is 100 Å². The summed E-state index contributed by atoms with van der Waals surface area (Å²) in [5.74, 6) is 0.730. The van der Waals surface area contributed by atoms with Crippen molar-refractivity contribution in [2.24, 2.45) is 0 Å². The zero-order valence-corrected chi connectivity index (χ0v) is 10.2. The zero-order chi connectivity index (χ0) is 10.7. The minimum Gasteiger partial charge on any atom is -0.430 e. The number of halogens is 1. The third kappa shape index (κ3) is 3.14. The second kappa shape index (κ2) is 4.90. The Bertz CT molecular complexity index is 352. The predicted octanol–water partition coefficient (Wildman–Crippen LogP) is 3.08. The van der Waals surface area contributed by atoms with Crippen LogP contribution in [-0.2, 0) is 9.47 Å². The summed E-state index contributed by atoms with van der Waals surface area (Å²) in [5.41, 5.74) is 0. The fourth-order valence-corrected chi connectivity index (χ4v) is 2.30. The standard InChI is InChI=1S/C10H9BrO3S/c11-7-1-3-9(4-2-7)15-6-8-5-13-10(12)14-8/h1-4,8H,5-6H2. The van der Waals surface area contributed by atoms with Crippen molar-refractivity contribution in [1.29, 1.82) is 0 Å². The third-order valence-corrected chi connectivity index (χ3v) is 3.57. The molecule has 1 aromatic carbocycles. The van der Waals surface area contributed by atoms with E-state index < -0.39 is 6.16 Å². The van der Waals surface area contributed by atoms with Crippen LogP contribution in [0.25, 0.3) is 0 Å². The SMILES string of the molecule is O=C1OCC(CSc2ccc(Br)cc2)O1. The molecular formula is C10H9BrO3S. The van der Waals surface area contributed by atoms with Gasteiger partial charge in [0.2, 0.25) is 0 Å². The lowest BCUT2D eigenvalue weighted by Crippen LogP contribution is -2.12. The summed E-state index contributed by atoms with van der Waals surface area (Å²) >= 11 is 5.02. The Kier molecular flexibility index (Phi) is 3.53. The minimum atomic E-state index is -0.559. The summed E-state index contributed by atoms with van der Waals surface area (Å²) in [7, 11) is 0. The number of hydrogen-bond acceptors (Lipinski definition) is 4. The molecule has 0 saturated carbocycles. The molecule has 0 spiro atoms. The molecule has 2 rings (SSSR count). The summed E-state index contributed by atoms with van der Waals surface area (Å²) in [6, 6.07) is 8.01. The van der Waals surface area contributed by atoms with Crippen LogP contribution in [0.2, 0.25) is 0 Å². The van der Waals surface area contributed by atoms with Crippen LogP contribution >= 0.6 is 27.7 Å². The number of carbonyl (C=O) groups excluding carboxylic acids is 1. The van der Waals surface area contributed by atoms with Gasteiger partial charge in [0.15, 0.2) is 0 Å². The molecule has 1 saturated heterocycles. The molecule has 0 bridgehead atoms. The van der Waals surface area contributed by atoms with Crippen molar-refractivity contribution in [2.75, 3.05) is 12.4 Å². The average Bonchev–Trinajstić information content (AvgIpc) is 2.64. The van der Waals surface area contributed by atoms with E-state index in [2.05, 4.69) is 15.9 Å². The zero-order valence-electron chi connectivity index (χ0n) is 7.81. The Morgan fingerprint density at radius 2 is 2.13 bits per heavy atom. The van der Waals surface area contributed by atoms with Crippen LogP contribution in [0.15, 0.2) is 33.6 Å². The smallest absolute Gasteiger partial charge is 0.430 e. The van der Waals surface area contributed by atoms with Crippen molar-refractivity contribution in [2.45, 2.75) is 11.0 Å². The van der Waals surface area contributed by atoms with Gasteiger partial charge >= 0.3 is 6.16 Å². The van der Waals surface area contributed by atoms with Crippen LogP contribution in [-0.4, -0.2) is 24.6 Å². The summed E-state index contributed by atoms with van der Waals surface area (Å²) in [6.45, 7) is 0.363. The van der Waals surface area contributed by atoms with Gasteiger partial charge in [-0.05, 0) is 24.3 Å². The van der Waals surface area contributed by atoms with Gasteiger partial charge in [0.25, 0.3) is 0 Å². The maximum absolute atomic E-state index is 10.6. The Morgan fingerprint density at radius 3 is 2.73 bits per heavy atom. The number of benzene rings is 1. The lowest BCUT2D eigenvalue weighted by Gasteiger charge is -2.05. The third-order valence-electron chi connectivity index (χ3n) is 1.90. The van der Waals surface area contributed by atoms with E-state index >= 15 is 0 Å². The quantitative estimate of drug-likeness (QED) is 0.633. The molecule has 0 amide bonds. The van der Waals surface area contributed by atoms with Gasteiger partial charge in [-0.1, -0.05) is 15.9 Å². The molecule has 1 unspecified atom stereocenters. The van der Waals surface area contributed by atoms with Gasteiger partial charge in [0.1, 0.15) is 12.7 Å². The first-order valence-corrected chi connectivity index (χ1v) is 6.23. The number of cyclic esters (lactones) is 2. The molecule has 0 N–H and O–H groups in total. The van der Waals surface area contributed by atoms with Crippen molar-refractivity contribution in [1.82, 2.24) is 0 Å². The second-order valence-electron chi connectivity index (χ2n) is 3.07. The van der Waals surface area contributed by atoms with Crippen molar-refractivity contribution in [3.05, 3.63) is 28.7 Å². The lowest BCUT2D eigenvalue weighted by atomic mass is 10.4. The molecule has 0 radical (unpaired) electrons. The van der Waals surface area contributed by atoms with E-state index in [0.29, 0.717) is 6.61 Å². The van der Waals surface area contributed by atoms with Gasteiger partial charge in [-0.15, -0.1) is 11.8 Å². The number of rotatable bonds is 3. The normalized spacial score (nSPS) is 19.8. The van der Waals surface area contributed by atoms with Crippen molar-refractivity contribution in [3.63, 3.8) is 0 Å². The molecule has 1 aliphatic heterocycles. The largest absolute Gasteiger partial charge is 0.508 e. The van der Waals surface area contributed by atoms with Crippen LogP contribution in [0.4, 0.5) is 4.79 Å². The molecule has 0 aromatic heterocycles. The van der Waals surface area contributed by atoms with E-state index in [9.17, 15) is 4.79 Å². The molecule has 5 heteroatoms. The molecule has 1 fully saturated rings. The van der Waals surface area contributed by atoms with Gasteiger partial charge in [-0.25, -0.2) is 4.79 Å². The number of hydrogen-bond donors (Lipinski definition) is 0. The molecule has 1 aliphatic rings. The van der Waals surface area contributed by atoms with Crippen molar-refractivity contribution in [3.8, 4) is 0 Å². The number of carbonyl (C=O) groups is 1. The maximum Gasteiger partial charge on any atom is 0.508 e. The van der Waals surface area contributed by atoms with Crippen molar-refractivity contribution < 1.29 is 14.3 Å². The van der Waals surface area contributed by atoms with Crippen LogP contribution in [0.1, 0.15) is 0 Å². The highest BCUT2D eigenvalue weighted by Gasteiger charge is 2.24. The van der Waals surface area contributed by atoms with E-state index in [1.165, 1.54) is 0 Å². The van der Waals surface area contributed by atoms with Crippen LogP contribution < -0.4 is 0 Å². The van der Waals surface area contributed by atoms with E-state index in [-0.39, 0.29) is 6.10 Å². The highest BCUT2D eigenvalue weighted by Crippen LogP contribution is 2.23. The first-order valence-electron chi connectivity index (χ1n) is 4.46. The Balaban J connectivity index is 1.83. The second-order valence-corrected chi connectivity index (χ2v) is 5.07. The number of ether oxygens (including phenoxy) is 2. The fraction of sp³-hybridized carbons (Fsp3) is 0.300. The van der Waals surface area contributed by atoms with Crippen LogP contribution in [0.5, 0.6) is 0 Å². The first kappa shape index (κ1) is 10.8. The molecule has 1 heterocycles. The highest BCUT2D eigenvalue weighted by atomic mass is 79.9. The van der Waals surface area contributed by atoms with E-state index in [0.717, 1.165) is 15.1 Å². The van der Waals surface area contributed by atoms with E-state index in [4.69, 9.17) is 9.47 Å².